The van der Waals surface area contributed by atoms with Gasteiger partial charge in [0.15, 0.2) is 0 Å². The molecule has 0 atom stereocenters. The van der Waals surface area contributed by atoms with Crippen LogP contribution in [0.4, 0.5) is 0 Å². The molecule has 21 heavy (non-hydrogen) atoms. The lowest BCUT2D eigenvalue weighted by atomic mass is 10.2. The summed E-state index contributed by atoms with van der Waals surface area (Å²) in [7, 11) is 1.38. The molecular weight excluding hydrogens is 276 g/mol. The third-order valence-electron chi connectivity index (χ3n) is 2.43. The van der Waals surface area contributed by atoms with Crippen molar-refractivity contribution < 1.29 is 24.5 Å². The van der Waals surface area contributed by atoms with Crippen molar-refractivity contribution in [3.8, 4) is 5.88 Å². The third-order valence-corrected chi connectivity index (χ3v) is 2.43. The van der Waals surface area contributed by atoms with Crippen molar-refractivity contribution in [3.63, 3.8) is 0 Å². The van der Waals surface area contributed by atoms with Gasteiger partial charge in [-0.05, 0) is 31.2 Å². The first-order valence-electron chi connectivity index (χ1n) is 5.84. The Morgan fingerprint density at radius 3 is 1.90 bits per heavy atom. The van der Waals surface area contributed by atoms with Crippen molar-refractivity contribution in [1.82, 2.24) is 9.97 Å². The zero-order valence-corrected chi connectivity index (χ0v) is 11.5. The first kappa shape index (κ1) is 16.1. The molecule has 0 saturated carbocycles. The number of carbonyl (C=O) groups is 2. The molecule has 0 aliphatic heterocycles. The lowest BCUT2D eigenvalue weighted by molar-refractivity contribution is 0.0682. The molecule has 0 radical (unpaired) electrons. The monoisotopic (exact) mass is 290 g/mol. The minimum atomic E-state index is -1.03. The minimum Gasteiger partial charge on any atom is -0.480 e. The van der Waals surface area contributed by atoms with E-state index in [0.717, 1.165) is 0 Å². The summed E-state index contributed by atoms with van der Waals surface area (Å²) in [6, 6.07) is 6.13. The number of aromatic nitrogens is 2. The molecule has 2 N–H and O–H groups in total. The highest BCUT2D eigenvalue weighted by atomic mass is 16.5. The lowest BCUT2D eigenvalue weighted by Crippen LogP contribution is -2.01. The highest BCUT2D eigenvalue weighted by molar-refractivity contribution is 5.90. The fourth-order valence-corrected chi connectivity index (χ4v) is 1.43. The van der Waals surface area contributed by atoms with E-state index >= 15 is 0 Å². The molecule has 0 aliphatic carbocycles. The summed E-state index contributed by atoms with van der Waals surface area (Å²) in [4.78, 5) is 28.4. The van der Waals surface area contributed by atoms with E-state index in [1.54, 1.807) is 25.3 Å². The summed E-state index contributed by atoms with van der Waals surface area (Å²) in [6.45, 7) is 1.67. The van der Waals surface area contributed by atoms with Gasteiger partial charge in [-0.2, -0.15) is 0 Å². The van der Waals surface area contributed by atoms with Crippen molar-refractivity contribution in [3.05, 3.63) is 53.5 Å². The van der Waals surface area contributed by atoms with Gasteiger partial charge in [-0.1, -0.05) is 0 Å². The third kappa shape index (κ3) is 4.57. The number of hydrogen-bond donors (Lipinski definition) is 2. The molecule has 2 rings (SSSR count). The first-order chi connectivity index (χ1) is 9.97. The van der Waals surface area contributed by atoms with Crippen molar-refractivity contribution in [2.75, 3.05) is 7.11 Å². The quantitative estimate of drug-likeness (QED) is 0.887. The number of hydrogen-bond acceptors (Lipinski definition) is 5. The maximum atomic E-state index is 10.5. The predicted molar refractivity (Wildman–Crippen MR) is 73.7 cm³/mol. The number of pyridine rings is 2. The molecular formula is C14H14N2O5. The highest BCUT2D eigenvalue weighted by Gasteiger charge is 2.09. The Labute approximate surface area is 120 Å². The summed E-state index contributed by atoms with van der Waals surface area (Å²) < 4.78 is 4.71. The number of carboxylic acids is 2. The van der Waals surface area contributed by atoms with E-state index in [0.29, 0.717) is 5.69 Å². The van der Waals surface area contributed by atoms with E-state index in [4.69, 9.17) is 14.9 Å². The van der Waals surface area contributed by atoms with Crippen LogP contribution in [0.2, 0.25) is 0 Å². The maximum absolute atomic E-state index is 10.5. The van der Waals surface area contributed by atoms with Gasteiger partial charge >= 0.3 is 11.9 Å². The molecule has 7 heteroatoms. The van der Waals surface area contributed by atoms with Gasteiger partial charge in [0.05, 0.1) is 18.4 Å². The standard InChI is InChI=1S/C7H7NO3.C7H7NO2/c1-11-6-5(7(9)10)3-2-4-8-6;1-5-6(7(9)10)3-2-4-8-5/h2-4H,1H3,(H,9,10);2-4H,1H3,(H,9,10). The normalized spacial score (nSPS) is 9.24. The molecule has 2 aromatic rings. The number of rotatable bonds is 3. The maximum Gasteiger partial charge on any atom is 0.341 e. The Hall–Kier alpha value is -2.96. The van der Waals surface area contributed by atoms with Crippen LogP contribution in [0.5, 0.6) is 5.88 Å². The Balaban J connectivity index is 0.000000211. The van der Waals surface area contributed by atoms with Crippen molar-refractivity contribution >= 4 is 11.9 Å². The van der Waals surface area contributed by atoms with Crippen LogP contribution in [-0.4, -0.2) is 39.2 Å². The number of aromatic carboxylic acids is 2. The van der Waals surface area contributed by atoms with Crippen molar-refractivity contribution in [2.45, 2.75) is 6.92 Å². The van der Waals surface area contributed by atoms with Gasteiger partial charge < -0.3 is 14.9 Å². The Kier molecular flexibility index (Phi) is 5.81. The van der Waals surface area contributed by atoms with Crippen LogP contribution in [0.15, 0.2) is 36.7 Å². The first-order valence-corrected chi connectivity index (χ1v) is 5.84. The van der Waals surface area contributed by atoms with Crippen molar-refractivity contribution in [2.24, 2.45) is 0 Å². The van der Waals surface area contributed by atoms with E-state index in [1.807, 2.05) is 0 Å². The lowest BCUT2D eigenvalue weighted by Gasteiger charge is -2.00. The second-order valence-corrected chi connectivity index (χ2v) is 3.81. The average Bonchev–Trinajstić information content (AvgIpc) is 2.48. The fourth-order valence-electron chi connectivity index (χ4n) is 1.43. The molecule has 0 aliphatic rings. The van der Waals surface area contributed by atoms with Crippen LogP contribution in [0.1, 0.15) is 26.4 Å². The van der Waals surface area contributed by atoms with E-state index in [-0.39, 0.29) is 17.0 Å². The van der Waals surface area contributed by atoms with E-state index in [1.165, 1.54) is 25.4 Å². The Morgan fingerprint density at radius 2 is 1.52 bits per heavy atom. The molecule has 0 amide bonds. The van der Waals surface area contributed by atoms with Crippen LogP contribution in [0, 0.1) is 6.92 Å². The molecule has 0 bridgehead atoms. The van der Waals surface area contributed by atoms with Gasteiger partial charge in [0.25, 0.3) is 0 Å². The zero-order chi connectivity index (χ0) is 15.8. The minimum absolute atomic E-state index is 0.0787. The largest absolute Gasteiger partial charge is 0.480 e. The van der Waals surface area contributed by atoms with Gasteiger partial charge in [-0.25, -0.2) is 14.6 Å². The topological polar surface area (TPSA) is 110 Å². The number of carboxylic acid groups (broad SMARTS) is 2. The van der Waals surface area contributed by atoms with E-state index in [2.05, 4.69) is 9.97 Å². The fraction of sp³-hybridized carbons (Fsp3) is 0.143. The summed E-state index contributed by atoms with van der Waals surface area (Å²) in [6.07, 6.45) is 3.05. The molecule has 2 heterocycles. The Bertz CT molecular complexity index is 643. The molecule has 0 unspecified atom stereocenters. The predicted octanol–water partition coefficient (Wildman–Crippen LogP) is 1.88. The molecule has 2 aromatic heterocycles. The molecule has 0 saturated heterocycles. The summed E-state index contributed by atoms with van der Waals surface area (Å²) in [5, 5.41) is 17.1. The van der Waals surface area contributed by atoms with Crippen LogP contribution >= 0.6 is 0 Å². The average molecular weight is 290 g/mol. The van der Waals surface area contributed by atoms with E-state index in [9.17, 15) is 9.59 Å². The Morgan fingerprint density at radius 1 is 1.00 bits per heavy atom. The molecule has 0 spiro atoms. The molecule has 7 nitrogen and oxygen atoms in total. The summed E-state index contributed by atoms with van der Waals surface area (Å²) in [5.41, 5.74) is 0.896. The van der Waals surface area contributed by atoms with Gasteiger partial charge in [0, 0.05) is 12.4 Å². The summed E-state index contributed by atoms with van der Waals surface area (Å²) in [5.74, 6) is -1.82. The van der Waals surface area contributed by atoms with Gasteiger partial charge in [-0.15, -0.1) is 0 Å². The van der Waals surface area contributed by atoms with Gasteiger partial charge in [0.1, 0.15) is 5.56 Å². The van der Waals surface area contributed by atoms with Crippen LogP contribution in [0.3, 0.4) is 0 Å². The SMILES string of the molecule is COc1ncccc1C(=O)O.Cc1ncccc1C(=O)O. The highest BCUT2D eigenvalue weighted by Crippen LogP contribution is 2.12. The van der Waals surface area contributed by atoms with Crippen LogP contribution < -0.4 is 4.74 Å². The molecule has 0 aromatic carbocycles. The molecule has 110 valence electrons. The molecule has 0 fully saturated rings. The van der Waals surface area contributed by atoms with Gasteiger partial charge in [0.2, 0.25) is 5.88 Å². The summed E-state index contributed by atoms with van der Waals surface area (Å²) >= 11 is 0. The van der Waals surface area contributed by atoms with Gasteiger partial charge in [-0.3, -0.25) is 4.98 Å². The number of methoxy groups -OCH3 is 1. The number of ether oxygens (including phenoxy) is 1. The van der Waals surface area contributed by atoms with Crippen molar-refractivity contribution in [1.29, 1.82) is 0 Å². The smallest absolute Gasteiger partial charge is 0.341 e. The van der Waals surface area contributed by atoms with E-state index < -0.39 is 11.9 Å². The van der Waals surface area contributed by atoms with Crippen LogP contribution in [-0.2, 0) is 0 Å². The zero-order valence-electron chi connectivity index (χ0n) is 11.5. The number of nitrogens with zero attached hydrogens (tertiary/aromatic N) is 2. The second kappa shape index (κ2) is 7.59. The van der Waals surface area contributed by atoms with Crippen LogP contribution in [0.25, 0.3) is 0 Å². The number of aryl methyl sites for hydroxylation is 1. The second-order valence-electron chi connectivity index (χ2n) is 3.81.